The van der Waals surface area contributed by atoms with Crippen molar-refractivity contribution in [2.24, 2.45) is 17.8 Å². The lowest BCUT2D eigenvalue weighted by molar-refractivity contribution is -0.119. The van der Waals surface area contributed by atoms with Crippen molar-refractivity contribution >= 4 is 28.8 Å². The van der Waals surface area contributed by atoms with Crippen molar-refractivity contribution < 1.29 is 14.4 Å². The van der Waals surface area contributed by atoms with Crippen molar-refractivity contribution in [2.45, 2.75) is 51.9 Å². The van der Waals surface area contributed by atoms with Crippen LogP contribution in [-0.4, -0.2) is 24.0 Å². The number of rotatable bonds is 6. The Labute approximate surface area is 146 Å². The van der Waals surface area contributed by atoms with Crippen LogP contribution in [0.4, 0.5) is 0 Å². The number of carbonyl (C=O) groups excluding carboxylic acids is 3. The maximum Gasteiger partial charge on any atom is 0.252 e. The van der Waals surface area contributed by atoms with Crippen LogP contribution in [-0.2, 0) is 17.6 Å². The SMILES string of the molecule is CC1CC(=O)c2sc(CC(=O)C3CC3)c(C(=O)NCC3CC3)c2C1. The van der Waals surface area contributed by atoms with Gasteiger partial charge in [-0.1, -0.05) is 6.92 Å². The number of hydrogen-bond acceptors (Lipinski definition) is 4. The van der Waals surface area contributed by atoms with E-state index in [1.807, 2.05) is 0 Å². The lowest BCUT2D eigenvalue weighted by Gasteiger charge is -2.18. The quantitative estimate of drug-likeness (QED) is 0.861. The van der Waals surface area contributed by atoms with Crippen LogP contribution < -0.4 is 5.32 Å². The van der Waals surface area contributed by atoms with Crippen molar-refractivity contribution in [3.63, 3.8) is 0 Å². The molecular formula is C19H23NO3S. The highest BCUT2D eigenvalue weighted by Crippen LogP contribution is 2.39. The minimum absolute atomic E-state index is 0.0834. The Morgan fingerprint density at radius 3 is 2.58 bits per heavy atom. The number of hydrogen-bond donors (Lipinski definition) is 1. The smallest absolute Gasteiger partial charge is 0.252 e. The predicted molar refractivity (Wildman–Crippen MR) is 92.6 cm³/mol. The zero-order chi connectivity index (χ0) is 16.8. The molecule has 128 valence electrons. The first kappa shape index (κ1) is 16.0. The molecule has 2 fully saturated rings. The summed E-state index contributed by atoms with van der Waals surface area (Å²) in [4.78, 5) is 39.0. The molecule has 1 N–H and O–H groups in total. The highest BCUT2D eigenvalue weighted by molar-refractivity contribution is 7.14. The molecular weight excluding hydrogens is 322 g/mol. The number of ketones is 2. The van der Waals surface area contributed by atoms with Crippen LogP contribution in [0, 0.1) is 17.8 Å². The molecule has 0 saturated heterocycles. The number of nitrogens with one attached hydrogen (secondary N) is 1. The van der Waals surface area contributed by atoms with Gasteiger partial charge in [0.15, 0.2) is 5.78 Å². The number of Topliss-reactive ketones (excluding diaryl/α,β-unsaturated/α-hetero) is 2. The molecule has 24 heavy (non-hydrogen) atoms. The van der Waals surface area contributed by atoms with Gasteiger partial charge in [-0.2, -0.15) is 0 Å². The molecule has 1 amide bonds. The van der Waals surface area contributed by atoms with Gasteiger partial charge in [0.05, 0.1) is 10.4 Å². The molecule has 3 aliphatic rings. The molecule has 0 spiro atoms. The van der Waals surface area contributed by atoms with Crippen molar-refractivity contribution in [3.8, 4) is 0 Å². The van der Waals surface area contributed by atoms with E-state index in [4.69, 9.17) is 0 Å². The Bertz CT molecular complexity index is 712. The standard InChI is InChI=1S/C19H23NO3S/c1-10-6-13-17(19(23)20-9-11-2-3-11)16(8-14(21)12-4-5-12)24-18(13)15(22)7-10/h10-12H,2-9H2,1H3,(H,20,23). The molecule has 2 saturated carbocycles. The zero-order valence-corrected chi connectivity index (χ0v) is 14.8. The second-order valence-electron chi connectivity index (χ2n) is 7.72. The first-order valence-corrected chi connectivity index (χ1v) is 9.83. The molecule has 3 aliphatic carbocycles. The van der Waals surface area contributed by atoms with Gasteiger partial charge in [-0.05, 0) is 49.5 Å². The van der Waals surface area contributed by atoms with Crippen LogP contribution >= 0.6 is 11.3 Å². The molecule has 0 aliphatic heterocycles. The molecule has 1 atom stereocenters. The summed E-state index contributed by atoms with van der Waals surface area (Å²) in [5.74, 6) is 1.34. The van der Waals surface area contributed by atoms with Gasteiger partial charge in [-0.25, -0.2) is 0 Å². The van der Waals surface area contributed by atoms with Crippen LogP contribution in [0.15, 0.2) is 0 Å². The van der Waals surface area contributed by atoms with E-state index in [-0.39, 0.29) is 29.3 Å². The molecule has 1 heterocycles. The topological polar surface area (TPSA) is 63.2 Å². The Balaban J connectivity index is 1.65. The summed E-state index contributed by atoms with van der Waals surface area (Å²) >= 11 is 1.39. The largest absolute Gasteiger partial charge is 0.352 e. The lowest BCUT2D eigenvalue weighted by Crippen LogP contribution is -2.28. The van der Waals surface area contributed by atoms with Gasteiger partial charge in [0.25, 0.3) is 5.91 Å². The third-order valence-corrected chi connectivity index (χ3v) is 6.54. The molecule has 1 aromatic rings. The summed E-state index contributed by atoms with van der Waals surface area (Å²) in [5, 5.41) is 3.03. The lowest BCUT2D eigenvalue weighted by atomic mass is 9.86. The van der Waals surface area contributed by atoms with E-state index in [1.165, 1.54) is 24.2 Å². The minimum Gasteiger partial charge on any atom is -0.352 e. The van der Waals surface area contributed by atoms with Gasteiger partial charge in [-0.3, -0.25) is 14.4 Å². The minimum atomic E-state index is -0.0834. The van der Waals surface area contributed by atoms with Crippen molar-refractivity contribution in [1.82, 2.24) is 5.32 Å². The summed E-state index contributed by atoms with van der Waals surface area (Å²) in [7, 11) is 0. The van der Waals surface area contributed by atoms with Crippen LogP contribution in [0.2, 0.25) is 0 Å². The van der Waals surface area contributed by atoms with E-state index in [9.17, 15) is 14.4 Å². The highest BCUT2D eigenvalue weighted by atomic mass is 32.1. The van der Waals surface area contributed by atoms with Crippen molar-refractivity contribution in [1.29, 1.82) is 0 Å². The molecule has 1 unspecified atom stereocenters. The highest BCUT2D eigenvalue weighted by Gasteiger charge is 2.35. The number of amides is 1. The number of fused-ring (bicyclic) bond motifs is 1. The third-order valence-electron chi connectivity index (χ3n) is 5.26. The Morgan fingerprint density at radius 1 is 1.17 bits per heavy atom. The maximum atomic E-state index is 12.8. The summed E-state index contributed by atoms with van der Waals surface area (Å²) < 4.78 is 0. The van der Waals surface area contributed by atoms with Gasteiger partial charge in [0.1, 0.15) is 5.78 Å². The summed E-state index contributed by atoms with van der Waals surface area (Å²) in [6, 6.07) is 0. The van der Waals surface area contributed by atoms with Crippen molar-refractivity contribution in [3.05, 3.63) is 20.9 Å². The van der Waals surface area contributed by atoms with Crippen LogP contribution in [0.1, 0.15) is 69.5 Å². The molecule has 4 rings (SSSR count). The van der Waals surface area contributed by atoms with E-state index >= 15 is 0 Å². The monoisotopic (exact) mass is 345 g/mol. The molecule has 0 radical (unpaired) electrons. The molecule has 1 aromatic heterocycles. The first-order chi connectivity index (χ1) is 11.5. The second-order valence-corrected chi connectivity index (χ2v) is 8.82. The fourth-order valence-corrected chi connectivity index (χ4v) is 4.80. The fourth-order valence-electron chi connectivity index (χ4n) is 3.51. The van der Waals surface area contributed by atoms with Gasteiger partial charge >= 0.3 is 0 Å². The average Bonchev–Trinajstić information content (AvgIpc) is 3.42. The van der Waals surface area contributed by atoms with E-state index < -0.39 is 0 Å². The van der Waals surface area contributed by atoms with E-state index in [0.717, 1.165) is 34.6 Å². The number of carbonyl (C=O) groups is 3. The zero-order valence-electron chi connectivity index (χ0n) is 14.0. The molecule has 0 bridgehead atoms. The summed E-state index contributed by atoms with van der Waals surface area (Å²) in [5.41, 5.74) is 1.54. The first-order valence-electron chi connectivity index (χ1n) is 9.01. The second kappa shape index (κ2) is 6.10. The van der Waals surface area contributed by atoms with Gasteiger partial charge in [0.2, 0.25) is 0 Å². The Kier molecular flexibility index (Phi) is 4.07. The van der Waals surface area contributed by atoms with Crippen molar-refractivity contribution in [2.75, 3.05) is 6.54 Å². The van der Waals surface area contributed by atoms with Gasteiger partial charge in [0, 0.05) is 30.2 Å². The average molecular weight is 345 g/mol. The number of thiophene rings is 1. The van der Waals surface area contributed by atoms with E-state index in [1.54, 1.807) is 0 Å². The Hall–Kier alpha value is -1.49. The molecule has 4 nitrogen and oxygen atoms in total. The summed E-state index contributed by atoms with van der Waals surface area (Å²) in [6.45, 7) is 2.77. The van der Waals surface area contributed by atoms with E-state index in [0.29, 0.717) is 30.9 Å². The van der Waals surface area contributed by atoms with Crippen LogP contribution in [0.5, 0.6) is 0 Å². The van der Waals surface area contributed by atoms with Gasteiger partial charge < -0.3 is 5.32 Å². The van der Waals surface area contributed by atoms with E-state index in [2.05, 4.69) is 12.2 Å². The maximum absolute atomic E-state index is 12.8. The summed E-state index contributed by atoms with van der Waals surface area (Å²) in [6.07, 6.45) is 5.95. The predicted octanol–water partition coefficient (Wildman–Crippen LogP) is 3.17. The van der Waals surface area contributed by atoms with Crippen LogP contribution in [0.25, 0.3) is 0 Å². The fraction of sp³-hybridized carbons (Fsp3) is 0.632. The third kappa shape index (κ3) is 3.18. The van der Waals surface area contributed by atoms with Gasteiger partial charge in [-0.15, -0.1) is 11.3 Å². The molecule has 5 heteroatoms. The normalized spacial score (nSPS) is 23.0. The molecule has 0 aromatic carbocycles. The van der Waals surface area contributed by atoms with Crippen LogP contribution in [0.3, 0.4) is 0 Å². The Morgan fingerprint density at radius 2 is 1.92 bits per heavy atom.